The predicted molar refractivity (Wildman–Crippen MR) is 88.4 cm³/mol. The third kappa shape index (κ3) is 4.61. The Morgan fingerprint density at radius 2 is 2.05 bits per heavy atom. The van der Waals surface area contributed by atoms with E-state index in [1.165, 1.54) is 0 Å². The summed E-state index contributed by atoms with van der Waals surface area (Å²) < 4.78 is 5.73. The van der Waals surface area contributed by atoms with E-state index >= 15 is 0 Å². The number of nitriles is 1. The minimum Gasteiger partial charge on any atom is -0.477 e. The van der Waals surface area contributed by atoms with Crippen molar-refractivity contribution in [2.45, 2.75) is 38.8 Å². The first-order valence-electron chi connectivity index (χ1n) is 6.92. The second-order valence-electron chi connectivity index (χ2n) is 5.93. The number of ether oxygens (including phenoxy) is 1. The normalized spacial score (nSPS) is 16.5. The molecular weight excluding hydrogens is 323 g/mol. The highest BCUT2D eigenvalue weighted by atomic mass is 35.5. The van der Waals surface area contributed by atoms with Gasteiger partial charge in [0, 0.05) is 11.6 Å². The highest BCUT2D eigenvalue weighted by molar-refractivity contribution is 6.35. The number of hydrogen-bond acceptors (Lipinski definition) is 4. The number of rotatable bonds is 7. The fourth-order valence-electron chi connectivity index (χ4n) is 1.64. The molecule has 2 unspecified atom stereocenters. The Hall–Kier alpha value is -1.28. The van der Waals surface area contributed by atoms with Crippen LogP contribution in [-0.2, 0) is 4.79 Å². The van der Waals surface area contributed by atoms with Gasteiger partial charge in [-0.1, -0.05) is 37.0 Å². The number of carbonyl (C=O) groups is 1. The predicted octanol–water partition coefficient (Wildman–Crippen LogP) is 3.86. The van der Waals surface area contributed by atoms with Crippen molar-refractivity contribution in [2.75, 3.05) is 6.54 Å². The summed E-state index contributed by atoms with van der Waals surface area (Å²) in [7, 11) is 0. The monoisotopic (exact) mass is 342 g/mol. The average Bonchev–Trinajstić information content (AvgIpc) is 2.47. The van der Waals surface area contributed by atoms with E-state index in [9.17, 15) is 10.1 Å². The Kier molecular flexibility index (Phi) is 6.25. The Morgan fingerprint density at radius 3 is 2.50 bits per heavy atom. The standard InChI is InChI=1S/C16H20Cl2N2O2/c1-11(2)16(4,8-19)20-9-15(3,10-21)22-14-6-5-12(17)7-13(14)18/h5-7,10-11,20H,9H2,1-4H3. The molecule has 0 saturated heterocycles. The lowest BCUT2D eigenvalue weighted by molar-refractivity contribution is -0.120. The van der Waals surface area contributed by atoms with Crippen LogP contribution in [0.1, 0.15) is 27.7 Å². The van der Waals surface area contributed by atoms with Crippen LogP contribution >= 0.6 is 23.2 Å². The molecule has 0 amide bonds. The fraction of sp³-hybridized carbons (Fsp3) is 0.500. The van der Waals surface area contributed by atoms with Crippen molar-refractivity contribution in [3.8, 4) is 11.8 Å². The first-order chi connectivity index (χ1) is 10.2. The minimum atomic E-state index is -1.15. The van der Waals surface area contributed by atoms with E-state index in [2.05, 4.69) is 11.4 Å². The van der Waals surface area contributed by atoms with Crippen LogP contribution in [-0.4, -0.2) is 24.0 Å². The summed E-state index contributed by atoms with van der Waals surface area (Å²) in [6.07, 6.45) is 0.697. The molecule has 1 aromatic rings. The summed E-state index contributed by atoms with van der Waals surface area (Å²) in [5.74, 6) is 0.443. The fourth-order valence-corrected chi connectivity index (χ4v) is 2.09. The third-order valence-corrected chi connectivity index (χ3v) is 4.21. The van der Waals surface area contributed by atoms with Crippen molar-refractivity contribution in [3.05, 3.63) is 28.2 Å². The molecule has 0 saturated carbocycles. The van der Waals surface area contributed by atoms with Gasteiger partial charge in [0.25, 0.3) is 0 Å². The van der Waals surface area contributed by atoms with Gasteiger partial charge in [0.15, 0.2) is 11.9 Å². The van der Waals surface area contributed by atoms with Gasteiger partial charge in [-0.05, 0) is 38.0 Å². The molecule has 1 N–H and O–H groups in total. The Labute approximate surface area is 141 Å². The smallest absolute Gasteiger partial charge is 0.173 e. The molecule has 0 aliphatic rings. The number of carbonyl (C=O) groups excluding carboxylic acids is 1. The van der Waals surface area contributed by atoms with Gasteiger partial charge in [0.05, 0.1) is 11.1 Å². The van der Waals surface area contributed by atoms with Gasteiger partial charge in [-0.2, -0.15) is 5.26 Å². The molecule has 4 nitrogen and oxygen atoms in total. The summed E-state index contributed by atoms with van der Waals surface area (Å²) in [6, 6.07) is 7.02. The Morgan fingerprint density at radius 1 is 1.41 bits per heavy atom. The molecule has 2 atom stereocenters. The summed E-state index contributed by atoms with van der Waals surface area (Å²) in [5.41, 5.74) is -1.90. The highest BCUT2D eigenvalue weighted by Gasteiger charge is 2.34. The van der Waals surface area contributed by atoms with Crippen LogP contribution in [0.15, 0.2) is 18.2 Å². The van der Waals surface area contributed by atoms with Crippen molar-refractivity contribution in [1.29, 1.82) is 5.26 Å². The van der Waals surface area contributed by atoms with Gasteiger partial charge >= 0.3 is 0 Å². The average molecular weight is 343 g/mol. The van der Waals surface area contributed by atoms with E-state index in [0.29, 0.717) is 22.1 Å². The molecule has 0 aromatic heterocycles. The molecule has 0 fully saturated rings. The Balaban J connectivity index is 2.89. The van der Waals surface area contributed by atoms with Gasteiger partial charge in [-0.25, -0.2) is 0 Å². The van der Waals surface area contributed by atoms with E-state index in [4.69, 9.17) is 27.9 Å². The molecule has 1 aromatic carbocycles. The number of nitrogens with one attached hydrogen (secondary N) is 1. The van der Waals surface area contributed by atoms with Crippen LogP contribution in [0.4, 0.5) is 0 Å². The van der Waals surface area contributed by atoms with Gasteiger partial charge in [0.1, 0.15) is 11.3 Å². The van der Waals surface area contributed by atoms with Crippen molar-refractivity contribution >= 4 is 29.5 Å². The molecule has 0 radical (unpaired) electrons. The van der Waals surface area contributed by atoms with E-state index in [0.717, 1.165) is 0 Å². The lowest BCUT2D eigenvalue weighted by Crippen LogP contribution is -2.54. The first-order valence-corrected chi connectivity index (χ1v) is 7.68. The molecule has 0 bridgehead atoms. The number of nitrogens with zero attached hydrogens (tertiary/aromatic N) is 1. The molecule has 0 heterocycles. The van der Waals surface area contributed by atoms with E-state index in [-0.39, 0.29) is 12.5 Å². The molecular formula is C16H20Cl2N2O2. The quantitative estimate of drug-likeness (QED) is 0.764. The third-order valence-electron chi connectivity index (χ3n) is 3.68. The maximum absolute atomic E-state index is 11.5. The van der Waals surface area contributed by atoms with Crippen molar-refractivity contribution in [3.63, 3.8) is 0 Å². The number of aldehydes is 1. The van der Waals surface area contributed by atoms with Gasteiger partial charge in [0.2, 0.25) is 0 Å². The lowest BCUT2D eigenvalue weighted by atomic mass is 9.89. The maximum atomic E-state index is 11.5. The zero-order chi connectivity index (χ0) is 17.0. The number of hydrogen-bond donors (Lipinski definition) is 1. The van der Waals surface area contributed by atoms with Gasteiger partial charge in [-0.15, -0.1) is 0 Å². The van der Waals surface area contributed by atoms with E-state index in [1.807, 2.05) is 13.8 Å². The number of halogens is 2. The molecule has 120 valence electrons. The molecule has 0 spiro atoms. The highest BCUT2D eigenvalue weighted by Crippen LogP contribution is 2.30. The SMILES string of the molecule is CC(C)C(C)(C#N)NCC(C)(C=O)Oc1ccc(Cl)cc1Cl. The first kappa shape index (κ1) is 18.8. The van der Waals surface area contributed by atoms with Crippen molar-refractivity contribution in [1.82, 2.24) is 5.32 Å². The molecule has 22 heavy (non-hydrogen) atoms. The summed E-state index contributed by atoms with van der Waals surface area (Å²) in [6.45, 7) is 7.47. The second-order valence-corrected chi connectivity index (χ2v) is 6.77. The summed E-state index contributed by atoms with van der Waals surface area (Å²) in [4.78, 5) is 11.5. The topological polar surface area (TPSA) is 62.1 Å². The zero-order valence-corrected chi connectivity index (χ0v) is 14.6. The van der Waals surface area contributed by atoms with Gasteiger partial charge in [-0.3, -0.25) is 10.1 Å². The second kappa shape index (κ2) is 7.32. The molecule has 6 heteroatoms. The van der Waals surface area contributed by atoms with Crippen LogP contribution in [0.2, 0.25) is 10.0 Å². The van der Waals surface area contributed by atoms with Crippen LogP contribution in [0.3, 0.4) is 0 Å². The molecule has 0 aliphatic carbocycles. The van der Waals surface area contributed by atoms with Crippen molar-refractivity contribution < 1.29 is 9.53 Å². The van der Waals surface area contributed by atoms with Crippen LogP contribution in [0.5, 0.6) is 5.75 Å². The lowest BCUT2D eigenvalue weighted by Gasteiger charge is -2.33. The minimum absolute atomic E-state index is 0.0764. The van der Waals surface area contributed by atoms with Crippen molar-refractivity contribution in [2.24, 2.45) is 5.92 Å². The van der Waals surface area contributed by atoms with Crippen LogP contribution in [0.25, 0.3) is 0 Å². The summed E-state index contributed by atoms with van der Waals surface area (Å²) >= 11 is 11.9. The van der Waals surface area contributed by atoms with Crippen LogP contribution < -0.4 is 10.1 Å². The molecule has 1 rings (SSSR count). The largest absolute Gasteiger partial charge is 0.477 e. The Bertz CT molecular complexity index is 586. The van der Waals surface area contributed by atoms with E-state index in [1.54, 1.807) is 32.0 Å². The zero-order valence-electron chi connectivity index (χ0n) is 13.1. The maximum Gasteiger partial charge on any atom is 0.173 e. The summed E-state index contributed by atoms with van der Waals surface area (Å²) in [5, 5.41) is 13.2. The molecule has 0 aliphatic heterocycles. The number of benzene rings is 1. The van der Waals surface area contributed by atoms with E-state index < -0.39 is 11.1 Å². The van der Waals surface area contributed by atoms with Gasteiger partial charge < -0.3 is 4.74 Å². The van der Waals surface area contributed by atoms with Crippen LogP contribution in [0, 0.1) is 17.2 Å².